The minimum absolute atomic E-state index is 0.298. The Kier molecular flexibility index (Phi) is 3.42. The Labute approximate surface area is 82.2 Å². The third-order valence-electron chi connectivity index (χ3n) is 1.88. The molecule has 0 unspecified atom stereocenters. The average Bonchev–Trinajstić information content (AvgIpc) is 2.21. The number of rotatable bonds is 0. The maximum atomic E-state index is 10.8. The molecule has 0 radical (unpaired) electrons. The van der Waals surface area contributed by atoms with Crippen molar-refractivity contribution in [1.29, 1.82) is 0 Å². The Hall–Kier alpha value is -1.61. The molecular weight excluding hydrogens is 178 g/mol. The van der Waals surface area contributed by atoms with Crippen LogP contribution in [-0.4, -0.2) is 7.05 Å². The first-order valence-electron chi connectivity index (χ1n) is 4.34. The summed E-state index contributed by atoms with van der Waals surface area (Å²) in [6.07, 6.45) is 0. The van der Waals surface area contributed by atoms with Crippen molar-refractivity contribution in [3.05, 3.63) is 46.3 Å². The molecule has 2 rings (SSSR count). The SMILES string of the molecule is CN.Cc1cccc2oc(=O)ccc12. The molecule has 74 valence electrons. The number of fused-ring (bicyclic) bond motifs is 1. The summed E-state index contributed by atoms with van der Waals surface area (Å²) < 4.78 is 4.99. The molecule has 0 aliphatic carbocycles. The zero-order chi connectivity index (χ0) is 10.6. The molecule has 1 heterocycles. The van der Waals surface area contributed by atoms with Crippen molar-refractivity contribution in [3.8, 4) is 0 Å². The second kappa shape index (κ2) is 4.58. The standard InChI is InChI=1S/C10H8O2.CH5N/c1-7-3-2-4-9-8(7)5-6-10(11)12-9;1-2/h2-6H,1H3;2H2,1H3. The summed E-state index contributed by atoms with van der Waals surface area (Å²) in [6.45, 7) is 1.99. The zero-order valence-electron chi connectivity index (χ0n) is 8.28. The Bertz CT molecular complexity index is 474. The van der Waals surface area contributed by atoms with Crippen LogP contribution in [0.15, 0.2) is 39.5 Å². The molecule has 0 atom stereocenters. The van der Waals surface area contributed by atoms with E-state index in [1.807, 2.05) is 19.1 Å². The topological polar surface area (TPSA) is 56.2 Å². The third kappa shape index (κ3) is 2.00. The second-order valence-electron chi connectivity index (χ2n) is 2.74. The Morgan fingerprint density at radius 1 is 1.14 bits per heavy atom. The molecule has 2 N–H and O–H groups in total. The molecule has 3 heteroatoms. The summed E-state index contributed by atoms with van der Waals surface area (Å²) in [7, 11) is 1.50. The molecule has 14 heavy (non-hydrogen) atoms. The van der Waals surface area contributed by atoms with Crippen LogP contribution in [0.2, 0.25) is 0 Å². The van der Waals surface area contributed by atoms with Crippen molar-refractivity contribution in [2.24, 2.45) is 5.73 Å². The molecule has 1 aromatic heterocycles. The minimum Gasteiger partial charge on any atom is -0.423 e. The van der Waals surface area contributed by atoms with Gasteiger partial charge in [-0.3, -0.25) is 0 Å². The largest absolute Gasteiger partial charge is 0.423 e. The zero-order valence-corrected chi connectivity index (χ0v) is 8.28. The summed E-state index contributed by atoms with van der Waals surface area (Å²) in [5.41, 5.74) is 5.98. The highest BCUT2D eigenvalue weighted by Gasteiger charge is 1.97. The molecule has 0 bridgehead atoms. The lowest BCUT2D eigenvalue weighted by Crippen LogP contribution is -1.94. The molecular formula is C11H13NO2. The minimum atomic E-state index is -0.298. The van der Waals surface area contributed by atoms with E-state index in [1.165, 1.54) is 13.1 Å². The molecule has 0 aliphatic rings. The first-order valence-corrected chi connectivity index (χ1v) is 4.34. The molecule has 0 amide bonds. The van der Waals surface area contributed by atoms with Crippen molar-refractivity contribution in [2.75, 3.05) is 7.05 Å². The number of benzene rings is 1. The highest BCUT2D eigenvalue weighted by molar-refractivity contribution is 5.79. The molecule has 0 saturated carbocycles. The molecule has 0 aliphatic heterocycles. The molecule has 3 nitrogen and oxygen atoms in total. The van der Waals surface area contributed by atoms with Crippen LogP contribution in [0.3, 0.4) is 0 Å². The van der Waals surface area contributed by atoms with E-state index < -0.39 is 0 Å². The highest BCUT2D eigenvalue weighted by Crippen LogP contribution is 2.14. The van der Waals surface area contributed by atoms with Gasteiger partial charge in [-0.15, -0.1) is 0 Å². The van der Waals surface area contributed by atoms with Crippen LogP contribution < -0.4 is 11.4 Å². The Morgan fingerprint density at radius 3 is 2.57 bits per heavy atom. The van der Waals surface area contributed by atoms with Gasteiger partial charge in [-0.25, -0.2) is 4.79 Å². The van der Waals surface area contributed by atoms with Gasteiger partial charge in [0.2, 0.25) is 0 Å². The number of aryl methyl sites for hydroxylation is 1. The fourth-order valence-electron chi connectivity index (χ4n) is 1.25. The lowest BCUT2D eigenvalue weighted by atomic mass is 10.1. The van der Waals surface area contributed by atoms with Gasteiger partial charge in [0.1, 0.15) is 5.58 Å². The monoisotopic (exact) mass is 191 g/mol. The van der Waals surface area contributed by atoms with Crippen molar-refractivity contribution in [1.82, 2.24) is 0 Å². The van der Waals surface area contributed by atoms with Crippen LogP contribution in [0.5, 0.6) is 0 Å². The summed E-state index contributed by atoms with van der Waals surface area (Å²) in [5, 5.41) is 0.997. The van der Waals surface area contributed by atoms with Gasteiger partial charge in [0, 0.05) is 11.5 Å². The number of hydrogen-bond acceptors (Lipinski definition) is 3. The van der Waals surface area contributed by atoms with Gasteiger partial charge >= 0.3 is 5.63 Å². The average molecular weight is 191 g/mol. The Morgan fingerprint density at radius 2 is 1.86 bits per heavy atom. The molecule has 2 aromatic rings. The lowest BCUT2D eigenvalue weighted by molar-refractivity contribution is 0.561. The van der Waals surface area contributed by atoms with Gasteiger partial charge in [-0.05, 0) is 31.7 Å². The van der Waals surface area contributed by atoms with E-state index in [0.717, 1.165) is 10.9 Å². The van der Waals surface area contributed by atoms with Gasteiger partial charge in [-0.2, -0.15) is 0 Å². The number of nitrogens with two attached hydrogens (primary N) is 1. The van der Waals surface area contributed by atoms with Gasteiger partial charge in [-0.1, -0.05) is 12.1 Å². The van der Waals surface area contributed by atoms with Crippen LogP contribution >= 0.6 is 0 Å². The van der Waals surface area contributed by atoms with Crippen molar-refractivity contribution >= 4 is 11.0 Å². The predicted molar refractivity (Wildman–Crippen MR) is 57.3 cm³/mol. The van der Waals surface area contributed by atoms with Crippen LogP contribution in [0.4, 0.5) is 0 Å². The highest BCUT2D eigenvalue weighted by atomic mass is 16.4. The van der Waals surface area contributed by atoms with Crippen LogP contribution in [0, 0.1) is 6.92 Å². The van der Waals surface area contributed by atoms with E-state index in [0.29, 0.717) is 5.58 Å². The van der Waals surface area contributed by atoms with E-state index in [1.54, 1.807) is 12.1 Å². The van der Waals surface area contributed by atoms with Crippen molar-refractivity contribution in [3.63, 3.8) is 0 Å². The smallest absolute Gasteiger partial charge is 0.336 e. The first kappa shape index (κ1) is 10.5. The van der Waals surface area contributed by atoms with Gasteiger partial charge in [0.15, 0.2) is 0 Å². The number of hydrogen-bond donors (Lipinski definition) is 1. The van der Waals surface area contributed by atoms with Gasteiger partial charge < -0.3 is 10.2 Å². The van der Waals surface area contributed by atoms with E-state index in [2.05, 4.69) is 5.73 Å². The summed E-state index contributed by atoms with van der Waals surface area (Å²) in [5.74, 6) is 0. The summed E-state index contributed by atoms with van der Waals surface area (Å²) in [6, 6.07) is 8.89. The van der Waals surface area contributed by atoms with E-state index in [-0.39, 0.29) is 5.63 Å². The van der Waals surface area contributed by atoms with Crippen LogP contribution in [0.1, 0.15) is 5.56 Å². The summed E-state index contributed by atoms with van der Waals surface area (Å²) in [4.78, 5) is 10.8. The van der Waals surface area contributed by atoms with Crippen molar-refractivity contribution < 1.29 is 4.42 Å². The van der Waals surface area contributed by atoms with E-state index >= 15 is 0 Å². The quantitative estimate of drug-likeness (QED) is 0.644. The van der Waals surface area contributed by atoms with E-state index in [4.69, 9.17) is 4.42 Å². The van der Waals surface area contributed by atoms with Gasteiger partial charge in [0.25, 0.3) is 0 Å². The van der Waals surface area contributed by atoms with Crippen LogP contribution in [0.25, 0.3) is 11.0 Å². The normalized spacial score (nSPS) is 9.36. The summed E-state index contributed by atoms with van der Waals surface area (Å²) >= 11 is 0. The fraction of sp³-hybridized carbons (Fsp3) is 0.182. The first-order chi connectivity index (χ1) is 6.77. The molecule has 1 aromatic carbocycles. The Balaban J connectivity index is 0.000000461. The maximum Gasteiger partial charge on any atom is 0.336 e. The predicted octanol–water partition coefficient (Wildman–Crippen LogP) is 1.68. The molecule has 0 spiro atoms. The van der Waals surface area contributed by atoms with Crippen LogP contribution in [-0.2, 0) is 0 Å². The van der Waals surface area contributed by atoms with E-state index in [9.17, 15) is 4.79 Å². The van der Waals surface area contributed by atoms with Crippen molar-refractivity contribution in [2.45, 2.75) is 6.92 Å². The molecule has 0 fully saturated rings. The maximum absolute atomic E-state index is 10.8. The molecule has 0 saturated heterocycles. The third-order valence-corrected chi connectivity index (χ3v) is 1.88. The lowest BCUT2D eigenvalue weighted by Gasteiger charge is -1.97. The fourth-order valence-corrected chi connectivity index (χ4v) is 1.25. The van der Waals surface area contributed by atoms with Gasteiger partial charge in [0.05, 0.1) is 0 Å². The second-order valence-corrected chi connectivity index (χ2v) is 2.74.